The maximum Gasteiger partial charge on any atom is 0.151 e. The van der Waals surface area contributed by atoms with Crippen molar-refractivity contribution in [3.05, 3.63) is 29.8 Å². The molecule has 0 bridgehead atoms. The number of hydrogen-bond acceptors (Lipinski definition) is 2. The molecule has 1 saturated heterocycles. The SMILES string of the molecule is Fc1cccc2c1nc(CCCl)n2CC1CCSC1. The predicted octanol–water partition coefficient (Wildman–Crippen LogP) is 3.71. The minimum Gasteiger partial charge on any atom is -0.328 e. The fraction of sp³-hybridized carbons (Fsp3) is 0.500. The molecule has 1 aromatic heterocycles. The van der Waals surface area contributed by atoms with Gasteiger partial charge in [-0.3, -0.25) is 0 Å². The molecule has 1 unspecified atom stereocenters. The highest BCUT2D eigenvalue weighted by Crippen LogP contribution is 2.28. The molecule has 2 nitrogen and oxygen atoms in total. The molecule has 102 valence electrons. The van der Waals surface area contributed by atoms with Crippen molar-refractivity contribution in [3.8, 4) is 0 Å². The lowest BCUT2D eigenvalue weighted by Crippen LogP contribution is -2.13. The summed E-state index contributed by atoms with van der Waals surface area (Å²) >= 11 is 7.84. The van der Waals surface area contributed by atoms with Gasteiger partial charge in [-0.1, -0.05) is 6.07 Å². The second-order valence-corrected chi connectivity index (χ2v) is 6.44. The normalized spacial score (nSPS) is 19.4. The molecule has 0 N–H and O–H groups in total. The largest absolute Gasteiger partial charge is 0.328 e. The molecule has 2 aromatic rings. The molecule has 0 saturated carbocycles. The van der Waals surface area contributed by atoms with E-state index in [-0.39, 0.29) is 5.82 Å². The summed E-state index contributed by atoms with van der Waals surface area (Å²) in [6, 6.07) is 5.17. The summed E-state index contributed by atoms with van der Waals surface area (Å²) in [5.41, 5.74) is 1.38. The molecular formula is C14H16ClFN2S. The zero-order valence-electron chi connectivity index (χ0n) is 10.6. The van der Waals surface area contributed by atoms with Crippen LogP contribution in [0, 0.1) is 11.7 Å². The minimum absolute atomic E-state index is 0.243. The lowest BCUT2D eigenvalue weighted by Gasteiger charge is -2.13. The number of hydrogen-bond donors (Lipinski definition) is 0. The fourth-order valence-corrected chi connectivity index (χ4v) is 4.07. The minimum atomic E-state index is -0.243. The molecule has 1 aliphatic rings. The van der Waals surface area contributed by atoms with E-state index >= 15 is 0 Å². The Bertz CT molecular complexity index is 578. The van der Waals surface area contributed by atoms with Crippen molar-refractivity contribution in [1.82, 2.24) is 9.55 Å². The van der Waals surface area contributed by atoms with Crippen LogP contribution in [-0.2, 0) is 13.0 Å². The van der Waals surface area contributed by atoms with Gasteiger partial charge in [0.2, 0.25) is 0 Å². The molecule has 3 rings (SSSR count). The molecular weight excluding hydrogens is 283 g/mol. The van der Waals surface area contributed by atoms with Crippen LogP contribution in [0.2, 0.25) is 0 Å². The summed E-state index contributed by atoms with van der Waals surface area (Å²) in [7, 11) is 0. The molecule has 0 amide bonds. The second-order valence-electron chi connectivity index (χ2n) is 4.91. The molecule has 1 atom stereocenters. The van der Waals surface area contributed by atoms with Crippen molar-refractivity contribution in [3.63, 3.8) is 0 Å². The first kappa shape index (κ1) is 13.3. The van der Waals surface area contributed by atoms with Crippen molar-refractivity contribution in [1.29, 1.82) is 0 Å². The Kier molecular flexibility index (Phi) is 3.99. The highest BCUT2D eigenvalue weighted by Gasteiger charge is 2.20. The Morgan fingerprint density at radius 1 is 1.47 bits per heavy atom. The van der Waals surface area contributed by atoms with E-state index in [9.17, 15) is 4.39 Å². The van der Waals surface area contributed by atoms with Gasteiger partial charge in [-0.25, -0.2) is 9.37 Å². The van der Waals surface area contributed by atoms with Crippen LogP contribution >= 0.6 is 23.4 Å². The van der Waals surface area contributed by atoms with Crippen LogP contribution in [0.15, 0.2) is 18.2 Å². The summed E-state index contributed by atoms with van der Waals surface area (Å²) in [5, 5.41) is 0. The highest BCUT2D eigenvalue weighted by molar-refractivity contribution is 7.99. The molecule has 19 heavy (non-hydrogen) atoms. The van der Waals surface area contributed by atoms with E-state index in [1.165, 1.54) is 24.0 Å². The number of thioether (sulfide) groups is 1. The topological polar surface area (TPSA) is 17.8 Å². The third kappa shape index (κ3) is 2.61. The van der Waals surface area contributed by atoms with E-state index in [0.29, 0.717) is 23.7 Å². The van der Waals surface area contributed by atoms with Gasteiger partial charge in [-0.15, -0.1) is 11.6 Å². The lowest BCUT2D eigenvalue weighted by atomic mass is 10.1. The molecule has 2 heterocycles. The third-order valence-corrected chi connectivity index (χ3v) is 5.01. The van der Waals surface area contributed by atoms with Crippen molar-refractivity contribution in [2.75, 3.05) is 17.4 Å². The summed E-state index contributed by atoms with van der Waals surface area (Å²) in [6.07, 6.45) is 1.93. The van der Waals surface area contributed by atoms with Gasteiger partial charge >= 0.3 is 0 Å². The number of alkyl halides is 1. The maximum atomic E-state index is 13.8. The van der Waals surface area contributed by atoms with E-state index in [1.54, 1.807) is 6.07 Å². The molecule has 5 heteroatoms. The Morgan fingerprint density at radius 2 is 2.37 bits per heavy atom. The zero-order chi connectivity index (χ0) is 13.2. The summed E-state index contributed by atoms with van der Waals surface area (Å²) < 4.78 is 16.0. The molecule has 0 spiro atoms. The smallest absolute Gasteiger partial charge is 0.151 e. The second kappa shape index (κ2) is 5.71. The third-order valence-electron chi connectivity index (χ3n) is 3.59. The molecule has 0 aliphatic carbocycles. The van der Waals surface area contributed by atoms with Gasteiger partial charge in [0.15, 0.2) is 5.82 Å². The van der Waals surface area contributed by atoms with Gasteiger partial charge in [0, 0.05) is 18.8 Å². The van der Waals surface area contributed by atoms with Gasteiger partial charge in [0.1, 0.15) is 11.3 Å². The number of rotatable bonds is 4. The van der Waals surface area contributed by atoms with Gasteiger partial charge in [0.05, 0.1) is 5.52 Å². The van der Waals surface area contributed by atoms with Crippen LogP contribution in [0.5, 0.6) is 0 Å². The average molecular weight is 299 g/mol. The first-order valence-corrected chi connectivity index (χ1v) is 8.26. The average Bonchev–Trinajstić information content (AvgIpc) is 3.01. The first-order chi connectivity index (χ1) is 9.29. The quantitative estimate of drug-likeness (QED) is 0.801. The van der Waals surface area contributed by atoms with Crippen LogP contribution < -0.4 is 0 Å². The monoisotopic (exact) mass is 298 g/mol. The number of imidazole rings is 1. The Labute approximate surface area is 121 Å². The number of aromatic nitrogens is 2. The van der Waals surface area contributed by atoms with Crippen LogP contribution in [0.25, 0.3) is 11.0 Å². The standard InChI is InChI=1S/C14H16ClFN2S/c15-6-4-13-17-14-11(16)2-1-3-12(14)18(13)8-10-5-7-19-9-10/h1-3,10H,4-9H2. The summed E-state index contributed by atoms with van der Waals surface area (Å²) in [6.45, 7) is 0.930. The van der Waals surface area contributed by atoms with E-state index < -0.39 is 0 Å². The van der Waals surface area contributed by atoms with E-state index in [4.69, 9.17) is 11.6 Å². The summed E-state index contributed by atoms with van der Waals surface area (Å²) in [5.74, 6) is 4.27. The molecule has 1 aliphatic heterocycles. The first-order valence-electron chi connectivity index (χ1n) is 6.57. The van der Waals surface area contributed by atoms with Gasteiger partial charge in [-0.05, 0) is 36.0 Å². The van der Waals surface area contributed by atoms with E-state index in [2.05, 4.69) is 9.55 Å². The van der Waals surface area contributed by atoms with E-state index in [1.807, 2.05) is 17.8 Å². The van der Waals surface area contributed by atoms with Crippen molar-refractivity contribution >= 4 is 34.4 Å². The number of para-hydroxylation sites is 1. The number of fused-ring (bicyclic) bond motifs is 1. The lowest BCUT2D eigenvalue weighted by molar-refractivity contribution is 0.490. The predicted molar refractivity (Wildman–Crippen MR) is 79.5 cm³/mol. The zero-order valence-corrected chi connectivity index (χ0v) is 12.2. The Morgan fingerprint density at radius 3 is 3.11 bits per heavy atom. The van der Waals surface area contributed by atoms with Crippen LogP contribution in [0.3, 0.4) is 0 Å². The number of nitrogens with zero attached hydrogens (tertiary/aromatic N) is 2. The van der Waals surface area contributed by atoms with Crippen molar-refractivity contribution < 1.29 is 4.39 Å². The number of aryl methyl sites for hydroxylation is 1. The van der Waals surface area contributed by atoms with Crippen molar-refractivity contribution in [2.24, 2.45) is 5.92 Å². The van der Waals surface area contributed by atoms with Crippen molar-refractivity contribution in [2.45, 2.75) is 19.4 Å². The fourth-order valence-electron chi connectivity index (χ4n) is 2.63. The Hall–Kier alpha value is -0.740. The van der Waals surface area contributed by atoms with Crippen LogP contribution in [0.1, 0.15) is 12.2 Å². The van der Waals surface area contributed by atoms with Crippen LogP contribution in [0.4, 0.5) is 4.39 Å². The van der Waals surface area contributed by atoms with Gasteiger partial charge < -0.3 is 4.57 Å². The van der Waals surface area contributed by atoms with Crippen LogP contribution in [-0.4, -0.2) is 26.9 Å². The summed E-state index contributed by atoms with van der Waals surface area (Å²) in [4.78, 5) is 4.44. The molecule has 1 aromatic carbocycles. The molecule has 1 fully saturated rings. The highest BCUT2D eigenvalue weighted by atomic mass is 35.5. The Balaban J connectivity index is 2.02. The van der Waals surface area contributed by atoms with Gasteiger partial charge in [0.25, 0.3) is 0 Å². The number of benzene rings is 1. The van der Waals surface area contributed by atoms with Gasteiger partial charge in [-0.2, -0.15) is 11.8 Å². The maximum absolute atomic E-state index is 13.8. The van der Waals surface area contributed by atoms with E-state index in [0.717, 1.165) is 17.9 Å². The number of halogens is 2. The molecule has 0 radical (unpaired) electrons.